The quantitative estimate of drug-likeness (QED) is 0.736. The summed E-state index contributed by atoms with van der Waals surface area (Å²) in [6.07, 6.45) is 1.29. The van der Waals surface area contributed by atoms with Crippen molar-refractivity contribution in [3.8, 4) is 0 Å². The first-order chi connectivity index (χ1) is 6.33. The van der Waals surface area contributed by atoms with Gasteiger partial charge in [-0.2, -0.15) is 0 Å². The Morgan fingerprint density at radius 3 is 3.08 bits per heavy atom. The lowest BCUT2D eigenvalue weighted by Crippen LogP contribution is -2.26. The molecule has 0 radical (unpaired) electrons. The van der Waals surface area contributed by atoms with Crippen molar-refractivity contribution in [1.82, 2.24) is 5.32 Å². The van der Waals surface area contributed by atoms with Gasteiger partial charge in [0, 0.05) is 17.8 Å². The summed E-state index contributed by atoms with van der Waals surface area (Å²) in [6.45, 7) is 0.355. The van der Waals surface area contributed by atoms with E-state index >= 15 is 0 Å². The first-order valence-electron chi connectivity index (χ1n) is 4.23. The van der Waals surface area contributed by atoms with Crippen molar-refractivity contribution in [2.24, 2.45) is 0 Å². The van der Waals surface area contributed by atoms with E-state index in [1.165, 1.54) is 4.88 Å². The lowest BCUT2D eigenvalue weighted by atomic mass is 10.2. The van der Waals surface area contributed by atoms with Crippen LogP contribution in [-0.4, -0.2) is 24.2 Å². The summed E-state index contributed by atoms with van der Waals surface area (Å²) in [7, 11) is 0. The Labute approximate surface area is 81.4 Å². The maximum absolute atomic E-state index is 11.1. The van der Waals surface area contributed by atoms with Crippen molar-refractivity contribution in [3.63, 3.8) is 0 Å². The predicted octanol–water partition coefficient (Wildman–Crippen LogP) is 0.789. The van der Waals surface area contributed by atoms with Crippen LogP contribution in [-0.2, 0) is 11.2 Å². The molecule has 4 heteroatoms. The number of carbonyl (C=O) groups is 1. The summed E-state index contributed by atoms with van der Waals surface area (Å²) in [5, 5.41) is 13.1. The number of hydrogen-bond acceptors (Lipinski definition) is 3. The highest BCUT2D eigenvalue weighted by Gasteiger charge is 2.01. The van der Waals surface area contributed by atoms with E-state index < -0.39 is 0 Å². The van der Waals surface area contributed by atoms with Gasteiger partial charge in [0.1, 0.15) is 0 Å². The molecule has 1 aromatic rings. The SMILES string of the molecule is O=C(CCc1cccs1)NCCO. The monoisotopic (exact) mass is 199 g/mol. The number of amides is 1. The van der Waals surface area contributed by atoms with Gasteiger partial charge in [0.25, 0.3) is 0 Å². The van der Waals surface area contributed by atoms with Gasteiger partial charge in [-0.25, -0.2) is 0 Å². The summed E-state index contributed by atoms with van der Waals surface area (Å²) in [4.78, 5) is 12.3. The molecule has 2 N–H and O–H groups in total. The van der Waals surface area contributed by atoms with Crippen LogP contribution in [0.5, 0.6) is 0 Å². The average Bonchev–Trinajstić information content (AvgIpc) is 2.64. The Morgan fingerprint density at radius 2 is 2.46 bits per heavy atom. The zero-order valence-corrected chi connectivity index (χ0v) is 8.14. The molecule has 0 saturated carbocycles. The fraction of sp³-hybridized carbons (Fsp3) is 0.444. The topological polar surface area (TPSA) is 49.3 Å². The molecule has 13 heavy (non-hydrogen) atoms. The van der Waals surface area contributed by atoms with Crippen molar-refractivity contribution in [2.75, 3.05) is 13.2 Å². The van der Waals surface area contributed by atoms with E-state index in [9.17, 15) is 4.79 Å². The highest BCUT2D eigenvalue weighted by molar-refractivity contribution is 7.09. The van der Waals surface area contributed by atoms with Crippen LogP contribution >= 0.6 is 11.3 Å². The zero-order valence-electron chi connectivity index (χ0n) is 7.32. The van der Waals surface area contributed by atoms with Gasteiger partial charge >= 0.3 is 0 Å². The first kappa shape index (κ1) is 10.2. The molecular formula is C9H13NO2S. The second kappa shape index (κ2) is 5.72. The molecule has 0 aliphatic carbocycles. The third kappa shape index (κ3) is 4.05. The standard InChI is InChI=1S/C9H13NO2S/c11-6-5-10-9(12)4-3-8-2-1-7-13-8/h1-2,7,11H,3-6H2,(H,10,12). The Kier molecular flexibility index (Phi) is 4.49. The van der Waals surface area contributed by atoms with E-state index in [4.69, 9.17) is 5.11 Å². The number of carbonyl (C=O) groups excluding carboxylic acids is 1. The number of aliphatic hydroxyl groups excluding tert-OH is 1. The second-order valence-electron chi connectivity index (χ2n) is 2.65. The highest BCUT2D eigenvalue weighted by atomic mass is 32.1. The van der Waals surface area contributed by atoms with Gasteiger partial charge < -0.3 is 10.4 Å². The van der Waals surface area contributed by atoms with Crippen LogP contribution in [0.3, 0.4) is 0 Å². The molecule has 0 aromatic carbocycles. The number of hydrogen-bond donors (Lipinski definition) is 2. The van der Waals surface area contributed by atoms with Gasteiger partial charge in [-0.05, 0) is 17.9 Å². The second-order valence-corrected chi connectivity index (χ2v) is 3.69. The van der Waals surface area contributed by atoms with E-state index in [2.05, 4.69) is 5.32 Å². The molecule has 0 spiro atoms. The molecule has 0 fully saturated rings. The molecule has 0 aliphatic rings. The van der Waals surface area contributed by atoms with Crippen molar-refractivity contribution in [3.05, 3.63) is 22.4 Å². The van der Waals surface area contributed by atoms with E-state index in [1.54, 1.807) is 11.3 Å². The molecule has 0 unspecified atom stereocenters. The number of aliphatic hydroxyl groups is 1. The molecule has 1 aromatic heterocycles. The number of thiophene rings is 1. The molecule has 1 rings (SSSR count). The van der Waals surface area contributed by atoms with Crippen LogP contribution in [0.1, 0.15) is 11.3 Å². The summed E-state index contributed by atoms with van der Waals surface area (Å²) in [5.41, 5.74) is 0. The van der Waals surface area contributed by atoms with Gasteiger partial charge in [0.15, 0.2) is 0 Å². The lowest BCUT2D eigenvalue weighted by molar-refractivity contribution is -0.121. The molecule has 3 nitrogen and oxygen atoms in total. The Morgan fingerprint density at radius 1 is 1.62 bits per heavy atom. The van der Waals surface area contributed by atoms with E-state index in [-0.39, 0.29) is 12.5 Å². The molecule has 72 valence electrons. The fourth-order valence-electron chi connectivity index (χ4n) is 0.975. The maximum atomic E-state index is 11.1. The molecule has 1 amide bonds. The van der Waals surface area contributed by atoms with Crippen LogP contribution in [0.2, 0.25) is 0 Å². The molecule has 0 saturated heterocycles. The molecule has 0 bridgehead atoms. The van der Waals surface area contributed by atoms with Crippen molar-refractivity contribution in [1.29, 1.82) is 0 Å². The smallest absolute Gasteiger partial charge is 0.220 e. The van der Waals surface area contributed by atoms with Crippen molar-refractivity contribution < 1.29 is 9.90 Å². The minimum atomic E-state index is 0.00227. The molecular weight excluding hydrogens is 186 g/mol. The predicted molar refractivity (Wildman–Crippen MR) is 52.7 cm³/mol. The lowest BCUT2D eigenvalue weighted by Gasteiger charge is -2.01. The third-order valence-electron chi connectivity index (χ3n) is 1.61. The minimum Gasteiger partial charge on any atom is -0.395 e. The Balaban J connectivity index is 2.15. The number of aryl methyl sites for hydroxylation is 1. The van der Waals surface area contributed by atoms with Crippen LogP contribution in [0, 0.1) is 0 Å². The first-order valence-corrected chi connectivity index (χ1v) is 5.11. The zero-order chi connectivity index (χ0) is 9.52. The van der Waals surface area contributed by atoms with E-state index in [0.717, 1.165) is 6.42 Å². The van der Waals surface area contributed by atoms with Gasteiger partial charge in [-0.1, -0.05) is 6.07 Å². The Bertz CT molecular complexity index is 246. The molecule has 0 aliphatic heterocycles. The van der Waals surface area contributed by atoms with E-state index in [0.29, 0.717) is 13.0 Å². The fourth-order valence-corrected chi connectivity index (χ4v) is 1.68. The molecule has 0 atom stereocenters. The van der Waals surface area contributed by atoms with E-state index in [1.807, 2.05) is 17.5 Å². The minimum absolute atomic E-state index is 0.00227. The van der Waals surface area contributed by atoms with Crippen molar-refractivity contribution in [2.45, 2.75) is 12.8 Å². The van der Waals surface area contributed by atoms with Crippen molar-refractivity contribution >= 4 is 17.2 Å². The maximum Gasteiger partial charge on any atom is 0.220 e. The summed E-state index contributed by atoms with van der Waals surface area (Å²) >= 11 is 1.66. The summed E-state index contributed by atoms with van der Waals surface area (Å²) in [6, 6.07) is 4.00. The van der Waals surface area contributed by atoms with Gasteiger partial charge in [0.2, 0.25) is 5.91 Å². The molecule has 1 heterocycles. The van der Waals surface area contributed by atoms with Gasteiger partial charge in [0.05, 0.1) is 6.61 Å². The highest BCUT2D eigenvalue weighted by Crippen LogP contribution is 2.10. The summed E-state index contributed by atoms with van der Waals surface area (Å²) in [5.74, 6) is 0.00227. The largest absolute Gasteiger partial charge is 0.395 e. The summed E-state index contributed by atoms with van der Waals surface area (Å²) < 4.78 is 0. The number of nitrogens with one attached hydrogen (secondary N) is 1. The van der Waals surface area contributed by atoms with Crippen LogP contribution in [0.4, 0.5) is 0 Å². The van der Waals surface area contributed by atoms with Crippen LogP contribution in [0.15, 0.2) is 17.5 Å². The normalized spacial score (nSPS) is 9.92. The van der Waals surface area contributed by atoms with Crippen LogP contribution < -0.4 is 5.32 Å². The van der Waals surface area contributed by atoms with Crippen LogP contribution in [0.25, 0.3) is 0 Å². The Hall–Kier alpha value is -0.870. The number of rotatable bonds is 5. The van der Waals surface area contributed by atoms with Gasteiger partial charge in [-0.3, -0.25) is 4.79 Å². The van der Waals surface area contributed by atoms with Gasteiger partial charge in [-0.15, -0.1) is 11.3 Å². The third-order valence-corrected chi connectivity index (χ3v) is 2.55. The average molecular weight is 199 g/mol.